The van der Waals surface area contributed by atoms with Gasteiger partial charge in [-0.3, -0.25) is 9.79 Å². The monoisotopic (exact) mass is 473 g/mol. The first kappa shape index (κ1) is 22.3. The molecule has 0 spiro atoms. The first-order valence-electron chi connectivity index (χ1n) is 7.02. The minimum atomic E-state index is -0.181. The lowest BCUT2D eigenvalue weighted by molar-refractivity contribution is -0.140. The Hall–Kier alpha value is -0.730. The molecule has 5 nitrogen and oxygen atoms in total. The molecule has 2 N–H and O–H groups in total. The Morgan fingerprint density at radius 2 is 2.00 bits per heavy atom. The van der Waals surface area contributed by atoms with Gasteiger partial charge in [0, 0.05) is 36.6 Å². The van der Waals surface area contributed by atoms with E-state index in [-0.39, 0.29) is 29.9 Å². The highest BCUT2D eigenvalue weighted by Gasteiger charge is 2.03. The second kappa shape index (κ2) is 12.7. The summed E-state index contributed by atoms with van der Waals surface area (Å²) < 4.78 is 4.59. The van der Waals surface area contributed by atoms with Crippen LogP contribution in [0.3, 0.4) is 0 Å². The molecule has 0 fully saturated rings. The third-order valence-corrected chi connectivity index (χ3v) is 3.60. The second-order valence-corrected chi connectivity index (χ2v) is 5.47. The average molecular weight is 474 g/mol. The van der Waals surface area contributed by atoms with Gasteiger partial charge in [0.05, 0.1) is 7.11 Å². The lowest BCUT2D eigenvalue weighted by atomic mass is 10.2. The standard InChI is InChI=1S/C15H21Cl2N3O2.HI/c1-18-15(19-8-4-3-5-14(21)22-2)20-10-11-6-7-12(16)9-13(11)17;/h6-7,9H,3-5,8,10H2,1-2H3,(H2,18,19,20);1H. The Bertz CT molecular complexity index is 527. The van der Waals surface area contributed by atoms with Crippen molar-refractivity contribution in [3.63, 3.8) is 0 Å². The first-order chi connectivity index (χ1) is 10.6. The zero-order valence-corrected chi connectivity index (χ0v) is 17.0. The van der Waals surface area contributed by atoms with Crippen molar-refractivity contribution >= 4 is 59.1 Å². The number of carbonyl (C=O) groups is 1. The molecule has 1 rings (SSSR count). The van der Waals surface area contributed by atoms with Crippen LogP contribution in [0.4, 0.5) is 0 Å². The van der Waals surface area contributed by atoms with Crippen LogP contribution in [0.5, 0.6) is 0 Å². The van der Waals surface area contributed by atoms with E-state index in [0.29, 0.717) is 29.0 Å². The van der Waals surface area contributed by atoms with Crippen LogP contribution in [0.25, 0.3) is 0 Å². The van der Waals surface area contributed by atoms with Crippen molar-refractivity contribution in [2.75, 3.05) is 20.7 Å². The number of aliphatic imine (C=N–C) groups is 1. The van der Waals surface area contributed by atoms with Gasteiger partial charge < -0.3 is 15.4 Å². The molecule has 0 saturated heterocycles. The number of guanidine groups is 1. The number of ether oxygens (including phenoxy) is 1. The van der Waals surface area contributed by atoms with Gasteiger partial charge in [0.2, 0.25) is 0 Å². The highest BCUT2D eigenvalue weighted by molar-refractivity contribution is 14.0. The highest BCUT2D eigenvalue weighted by atomic mass is 127. The van der Waals surface area contributed by atoms with Gasteiger partial charge in [-0.05, 0) is 30.5 Å². The van der Waals surface area contributed by atoms with Crippen molar-refractivity contribution in [2.45, 2.75) is 25.8 Å². The SMILES string of the molecule is CN=C(NCCCCC(=O)OC)NCc1ccc(Cl)cc1Cl.I. The Labute approximate surface area is 164 Å². The van der Waals surface area contributed by atoms with Crippen LogP contribution in [0.15, 0.2) is 23.2 Å². The van der Waals surface area contributed by atoms with E-state index in [1.165, 1.54) is 7.11 Å². The number of benzene rings is 1. The molecule has 0 amide bonds. The summed E-state index contributed by atoms with van der Waals surface area (Å²) in [4.78, 5) is 15.1. The number of rotatable bonds is 7. The van der Waals surface area contributed by atoms with Crippen LogP contribution < -0.4 is 10.6 Å². The summed E-state index contributed by atoms with van der Waals surface area (Å²) in [5.74, 6) is 0.504. The second-order valence-electron chi connectivity index (χ2n) is 4.62. The van der Waals surface area contributed by atoms with Gasteiger partial charge in [0.15, 0.2) is 5.96 Å². The van der Waals surface area contributed by atoms with Gasteiger partial charge >= 0.3 is 5.97 Å². The molecule has 1 aromatic rings. The Kier molecular flexibility index (Phi) is 12.3. The molecule has 0 radical (unpaired) electrons. The number of nitrogens with one attached hydrogen (secondary N) is 2. The molecule has 0 aromatic heterocycles. The number of hydrogen-bond donors (Lipinski definition) is 2. The summed E-state index contributed by atoms with van der Waals surface area (Å²) in [6, 6.07) is 5.39. The van der Waals surface area contributed by atoms with Crippen LogP contribution in [0.1, 0.15) is 24.8 Å². The molecule has 0 bridgehead atoms. The summed E-state index contributed by atoms with van der Waals surface area (Å²) in [6.07, 6.45) is 2.07. The molecule has 0 aliphatic rings. The third-order valence-electron chi connectivity index (χ3n) is 3.01. The zero-order chi connectivity index (χ0) is 16.4. The average Bonchev–Trinajstić information content (AvgIpc) is 2.51. The lowest BCUT2D eigenvalue weighted by Crippen LogP contribution is -2.37. The predicted octanol–water partition coefficient (Wildman–Crippen LogP) is 3.62. The molecule has 0 saturated carbocycles. The maximum atomic E-state index is 11.0. The Balaban J connectivity index is 0.00000484. The molecular formula is C15H22Cl2IN3O2. The maximum absolute atomic E-state index is 11.0. The van der Waals surface area contributed by atoms with Crippen molar-refractivity contribution in [1.82, 2.24) is 10.6 Å². The van der Waals surface area contributed by atoms with Gasteiger partial charge in [-0.25, -0.2) is 0 Å². The van der Waals surface area contributed by atoms with Crippen molar-refractivity contribution in [3.8, 4) is 0 Å². The number of unbranched alkanes of at least 4 members (excludes halogenated alkanes) is 1. The summed E-state index contributed by atoms with van der Waals surface area (Å²) in [7, 11) is 3.10. The number of methoxy groups -OCH3 is 1. The number of nitrogens with zero attached hydrogens (tertiary/aromatic N) is 1. The molecule has 0 aliphatic carbocycles. The van der Waals surface area contributed by atoms with Gasteiger partial charge in [-0.15, -0.1) is 24.0 Å². The molecule has 0 atom stereocenters. The smallest absolute Gasteiger partial charge is 0.305 e. The summed E-state index contributed by atoms with van der Waals surface area (Å²) in [6.45, 7) is 1.28. The molecule has 130 valence electrons. The minimum Gasteiger partial charge on any atom is -0.469 e. The van der Waals surface area contributed by atoms with Gasteiger partial charge in [-0.2, -0.15) is 0 Å². The molecule has 8 heteroatoms. The van der Waals surface area contributed by atoms with E-state index in [2.05, 4.69) is 20.4 Å². The fourth-order valence-electron chi connectivity index (χ4n) is 1.77. The van der Waals surface area contributed by atoms with E-state index < -0.39 is 0 Å². The van der Waals surface area contributed by atoms with Crippen molar-refractivity contribution in [1.29, 1.82) is 0 Å². The topological polar surface area (TPSA) is 62.7 Å². The van der Waals surface area contributed by atoms with E-state index in [9.17, 15) is 4.79 Å². The van der Waals surface area contributed by atoms with Crippen molar-refractivity contribution in [2.24, 2.45) is 4.99 Å². The van der Waals surface area contributed by atoms with Crippen LogP contribution >= 0.6 is 47.2 Å². The number of esters is 1. The lowest BCUT2D eigenvalue weighted by Gasteiger charge is -2.12. The van der Waals surface area contributed by atoms with Gasteiger partial charge in [-0.1, -0.05) is 29.3 Å². The molecule has 0 heterocycles. The van der Waals surface area contributed by atoms with Crippen LogP contribution in [0, 0.1) is 0 Å². The van der Waals surface area contributed by atoms with Crippen LogP contribution in [-0.4, -0.2) is 32.6 Å². The first-order valence-corrected chi connectivity index (χ1v) is 7.77. The Morgan fingerprint density at radius 3 is 2.61 bits per heavy atom. The quantitative estimate of drug-likeness (QED) is 0.209. The summed E-state index contributed by atoms with van der Waals surface area (Å²) in [5.41, 5.74) is 0.944. The molecule has 0 aliphatic heterocycles. The Morgan fingerprint density at radius 1 is 1.26 bits per heavy atom. The predicted molar refractivity (Wildman–Crippen MR) is 106 cm³/mol. The van der Waals surface area contributed by atoms with Crippen molar-refractivity contribution < 1.29 is 9.53 Å². The summed E-state index contributed by atoms with van der Waals surface area (Å²) in [5, 5.41) is 7.59. The van der Waals surface area contributed by atoms with Crippen molar-refractivity contribution in [3.05, 3.63) is 33.8 Å². The van der Waals surface area contributed by atoms with Gasteiger partial charge in [0.25, 0.3) is 0 Å². The van der Waals surface area contributed by atoms with E-state index >= 15 is 0 Å². The normalized spacial score (nSPS) is 10.7. The van der Waals surface area contributed by atoms with E-state index in [1.807, 2.05) is 6.07 Å². The molecule has 0 unspecified atom stereocenters. The van der Waals surface area contributed by atoms with E-state index in [4.69, 9.17) is 23.2 Å². The highest BCUT2D eigenvalue weighted by Crippen LogP contribution is 2.20. The summed E-state index contributed by atoms with van der Waals surface area (Å²) >= 11 is 12.0. The fourth-order valence-corrected chi connectivity index (χ4v) is 2.24. The molecule has 23 heavy (non-hydrogen) atoms. The number of hydrogen-bond acceptors (Lipinski definition) is 3. The molecule has 1 aromatic carbocycles. The maximum Gasteiger partial charge on any atom is 0.305 e. The van der Waals surface area contributed by atoms with Crippen LogP contribution in [-0.2, 0) is 16.1 Å². The van der Waals surface area contributed by atoms with E-state index in [0.717, 1.165) is 24.9 Å². The van der Waals surface area contributed by atoms with Crippen LogP contribution in [0.2, 0.25) is 10.0 Å². The molecular weight excluding hydrogens is 452 g/mol. The largest absolute Gasteiger partial charge is 0.469 e. The number of carbonyl (C=O) groups excluding carboxylic acids is 1. The van der Waals surface area contributed by atoms with Gasteiger partial charge in [0.1, 0.15) is 0 Å². The zero-order valence-electron chi connectivity index (χ0n) is 13.2. The third kappa shape index (κ3) is 9.22. The number of halogens is 3. The minimum absolute atomic E-state index is 0. The fraction of sp³-hybridized carbons (Fsp3) is 0.467. The van der Waals surface area contributed by atoms with E-state index in [1.54, 1.807) is 19.2 Å².